The third-order valence-electron chi connectivity index (χ3n) is 3.34. The second-order valence-corrected chi connectivity index (χ2v) is 5.60. The van der Waals surface area contributed by atoms with Crippen LogP contribution in [0, 0.1) is 5.92 Å². The average Bonchev–Trinajstić information content (AvgIpc) is 2.59. The monoisotopic (exact) mass is 217 g/mol. The summed E-state index contributed by atoms with van der Waals surface area (Å²) in [4.78, 5) is 2.51. The molecule has 0 saturated carbocycles. The first-order chi connectivity index (χ1) is 7.58. The molecule has 1 aliphatic rings. The van der Waals surface area contributed by atoms with Gasteiger partial charge < -0.3 is 4.90 Å². The molecule has 1 aromatic carbocycles. The minimum absolute atomic E-state index is 0.622. The highest BCUT2D eigenvalue weighted by Crippen LogP contribution is 2.30. The molecule has 0 aliphatic carbocycles. The summed E-state index contributed by atoms with van der Waals surface area (Å²) >= 11 is 0. The van der Waals surface area contributed by atoms with Gasteiger partial charge in [-0.3, -0.25) is 0 Å². The number of nitrogens with zero attached hydrogens (tertiary/aromatic N) is 1. The Morgan fingerprint density at radius 3 is 2.56 bits per heavy atom. The van der Waals surface area contributed by atoms with Crippen LogP contribution in [0.4, 0.5) is 5.69 Å². The topological polar surface area (TPSA) is 3.24 Å². The van der Waals surface area contributed by atoms with Gasteiger partial charge in [0.2, 0.25) is 0 Å². The zero-order chi connectivity index (χ0) is 11.7. The first-order valence-corrected chi connectivity index (χ1v) is 6.46. The van der Waals surface area contributed by atoms with Gasteiger partial charge in [-0.25, -0.2) is 0 Å². The van der Waals surface area contributed by atoms with Crippen LogP contribution < -0.4 is 4.90 Å². The molecule has 0 radical (unpaired) electrons. The zero-order valence-corrected chi connectivity index (χ0v) is 11.0. The van der Waals surface area contributed by atoms with E-state index in [1.165, 1.54) is 30.6 Å². The minimum Gasteiger partial charge on any atom is -0.369 e. The lowest BCUT2D eigenvalue weighted by Crippen LogP contribution is -2.28. The van der Waals surface area contributed by atoms with Crippen molar-refractivity contribution in [3.8, 4) is 0 Å². The molecule has 1 heterocycles. The Balaban J connectivity index is 2.22. The smallest absolute Gasteiger partial charge is 0.0402 e. The maximum atomic E-state index is 2.51. The molecule has 0 bridgehead atoms. The fraction of sp³-hybridized carbons (Fsp3) is 0.600. The van der Waals surface area contributed by atoms with E-state index >= 15 is 0 Å². The van der Waals surface area contributed by atoms with Crippen molar-refractivity contribution in [1.29, 1.82) is 0 Å². The lowest BCUT2D eigenvalue weighted by atomic mass is 10.00. The Morgan fingerprint density at radius 2 is 1.94 bits per heavy atom. The van der Waals surface area contributed by atoms with E-state index in [4.69, 9.17) is 0 Å². The Kier molecular flexibility index (Phi) is 3.22. The third-order valence-corrected chi connectivity index (χ3v) is 3.34. The lowest BCUT2D eigenvalue weighted by molar-refractivity contribution is 0.647. The standard InChI is InChI=1S/C15H23N/c1-11(2)9-13-5-6-15-14(10-13)7-8-16(15)12(3)4/h5-6,10-12H,7-9H2,1-4H3. The minimum atomic E-state index is 0.622. The van der Waals surface area contributed by atoms with Crippen LogP contribution in [0.3, 0.4) is 0 Å². The largest absolute Gasteiger partial charge is 0.369 e. The van der Waals surface area contributed by atoms with Gasteiger partial charge in [-0.15, -0.1) is 0 Å². The van der Waals surface area contributed by atoms with Crippen molar-refractivity contribution in [2.24, 2.45) is 5.92 Å². The van der Waals surface area contributed by atoms with E-state index in [1.807, 2.05) is 0 Å². The molecule has 2 rings (SSSR count). The molecule has 0 saturated heterocycles. The molecule has 0 aromatic heterocycles. The van der Waals surface area contributed by atoms with Crippen LogP contribution in [0.2, 0.25) is 0 Å². The summed E-state index contributed by atoms with van der Waals surface area (Å²) in [5.41, 5.74) is 4.51. The van der Waals surface area contributed by atoms with Crippen LogP contribution in [0.15, 0.2) is 18.2 Å². The second-order valence-electron chi connectivity index (χ2n) is 5.60. The van der Waals surface area contributed by atoms with Crippen LogP contribution in [-0.4, -0.2) is 12.6 Å². The molecule has 1 aromatic rings. The number of anilines is 1. The van der Waals surface area contributed by atoms with Crippen molar-refractivity contribution in [2.45, 2.75) is 46.6 Å². The summed E-state index contributed by atoms with van der Waals surface area (Å²) in [6.07, 6.45) is 2.43. The maximum absolute atomic E-state index is 2.51. The highest BCUT2D eigenvalue weighted by Gasteiger charge is 2.21. The zero-order valence-electron chi connectivity index (χ0n) is 11.0. The number of hydrogen-bond acceptors (Lipinski definition) is 1. The van der Waals surface area contributed by atoms with Crippen molar-refractivity contribution in [3.05, 3.63) is 29.3 Å². The van der Waals surface area contributed by atoms with Crippen LogP contribution in [-0.2, 0) is 12.8 Å². The fourth-order valence-electron chi connectivity index (χ4n) is 2.62. The van der Waals surface area contributed by atoms with E-state index in [9.17, 15) is 0 Å². The van der Waals surface area contributed by atoms with E-state index in [-0.39, 0.29) is 0 Å². The Bertz CT molecular complexity index is 366. The lowest BCUT2D eigenvalue weighted by Gasteiger charge is -2.24. The fourth-order valence-corrected chi connectivity index (χ4v) is 2.62. The molecular formula is C15H23N. The van der Waals surface area contributed by atoms with Gasteiger partial charge >= 0.3 is 0 Å². The van der Waals surface area contributed by atoms with Crippen molar-refractivity contribution in [2.75, 3.05) is 11.4 Å². The van der Waals surface area contributed by atoms with Gasteiger partial charge in [0.05, 0.1) is 0 Å². The molecule has 1 aliphatic heterocycles. The SMILES string of the molecule is CC(C)Cc1ccc2c(c1)CCN2C(C)C. The molecule has 1 heteroatoms. The quantitative estimate of drug-likeness (QED) is 0.747. The van der Waals surface area contributed by atoms with Gasteiger partial charge in [0.1, 0.15) is 0 Å². The first kappa shape index (κ1) is 11.5. The highest BCUT2D eigenvalue weighted by molar-refractivity contribution is 5.59. The van der Waals surface area contributed by atoms with Crippen molar-refractivity contribution in [3.63, 3.8) is 0 Å². The molecule has 16 heavy (non-hydrogen) atoms. The molecule has 0 amide bonds. The molecular weight excluding hydrogens is 194 g/mol. The van der Waals surface area contributed by atoms with Crippen LogP contribution in [0.5, 0.6) is 0 Å². The Hall–Kier alpha value is -0.980. The summed E-state index contributed by atoms with van der Waals surface area (Å²) in [6, 6.07) is 7.66. The first-order valence-electron chi connectivity index (χ1n) is 6.46. The predicted octanol–water partition coefficient (Wildman–Crippen LogP) is 3.66. The number of hydrogen-bond donors (Lipinski definition) is 0. The summed E-state index contributed by atoms with van der Waals surface area (Å²) in [7, 11) is 0. The molecule has 0 spiro atoms. The maximum Gasteiger partial charge on any atom is 0.0402 e. The van der Waals surface area contributed by atoms with Gasteiger partial charge in [0.15, 0.2) is 0 Å². The van der Waals surface area contributed by atoms with Gasteiger partial charge in [-0.2, -0.15) is 0 Å². The van der Waals surface area contributed by atoms with Crippen molar-refractivity contribution >= 4 is 5.69 Å². The van der Waals surface area contributed by atoms with Crippen LogP contribution in [0.25, 0.3) is 0 Å². The Morgan fingerprint density at radius 1 is 1.19 bits per heavy atom. The van der Waals surface area contributed by atoms with E-state index in [1.54, 1.807) is 5.56 Å². The van der Waals surface area contributed by atoms with Crippen LogP contribution in [0.1, 0.15) is 38.8 Å². The van der Waals surface area contributed by atoms with Gasteiger partial charge in [-0.1, -0.05) is 26.0 Å². The summed E-state index contributed by atoms with van der Waals surface area (Å²) in [6.45, 7) is 10.3. The Labute approximate surface area is 99.5 Å². The van der Waals surface area contributed by atoms with E-state index in [2.05, 4.69) is 50.8 Å². The highest BCUT2D eigenvalue weighted by atomic mass is 15.2. The van der Waals surface area contributed by atoms with Gasteiger partial charge in [0.25, 0.3) is 0 Å². The molecule has 0 atom stereocenters. The van der Waals surface area contributed by atoms with Gasteiger partial charge in [0, 0.05) is 18.3 Å². The molecule has 1 nitrogen and oxygen atoms in total. The number of fused-ring (bicyclic) bond motifs is 1. The summed E-state index contributed by atoms with van der Waals surface area (Å²) < 4.78 is 0. The van der Waals surface area contributed by atoms with Crippen LogP contribution >= 0.6 is 0 Å². The van der Waals surface area contributed by atoms with Crippen molar-refractivity contribution in [1.82, 2.24) is 0 Å². The van der Waals surface area contributed by atoms with E-state index in [0.717, 1.165) is 5.92 Å². The summed E-state index contributed by atoms with van der Waals surface area (Å²) in [5, 5.41) is 0. The number of benzene rings is 1. The number of rotatable bonds is 3. The average molecular weight is 217 g/mol. The third kappa shape index (κ3) is 2.23. The van der Waals surface area contributed by atoms with E-state index in [0.29, 0.717) is 6.04 Å². The van der Waals surface area contributed by atoms with Gasteiger partial charge in [-0.05, 0) is 49.8 Å². The second kappa shape index (κ2) is 4.48. The molecule has 0 fully saturated rings. The molecule has 0 unspecified atom stereocenters. The molecule has 0 N–H and O–H groups in total. The normalized spacial score (nSPS) is 15.0. The summed E-state index contributed by atoms with van der Waals surface area (Å²) in [5.74, 6) is 0.751. The van der Waals surface area contributed by atoms with E-state index < -0.39 is 0 Å². The van der Waals surface area contributed by atoms with Crippen molar-refractivity contribution < 1.29 is 0 Å². The molecule has 88 valence electrons. The predicted molar refractivity (Wildman–Crippen MR) is 71.2 cm³/mol.